The van der Waals surface area contributed by atoms with E-state index < -0.39 is 0 Å². The first-order chi connectivity index (χ1) is 14.6. The van der Waals surface area contributed by atoms with E-state index in [2.05, 4.69) is 39.9 Å². The van der Waals surface area contributed by atoms with E-state index in [9.17, 15) is 4.39 Å². The van der Waals surface area contributed by atoms with E-state index in [1.165, 1.54) is 43.6 Å². The lowest BCUT2D eigenvalue weighted by molar-refractivity contribution is 0.201. The van der Waals surface area contributed by atoms with Gasteiger partial charge in [-0.25, -0.2) is 4.39 Å². The highest BCUT2D eigenvalue weighted by atomic mass is 19.1. The number of benzene rings is 1. The minimum atomic E-state index is -0.211. The SMILES string of the molecule is CN(C)CCCN1CCC(c2cc(-c3ccncc3)c(-c3ccc(F)cc3)[nH]2)CC1. The van der Waals surface area contributed by atoms with Crippen LogP contribution >= 0.6 is 0 Å². The van der Waals surface area contributed by atoms with Gasteiger partial charge < -0.3 is 14.8 Å². The maximum absolute atomic E-state index is 13.5. The molecule has 1 fully saturated rings. The Morgan fingerprint density at radius 1 is 1.03 bits per heavy atom. The summed E-state index contributed by atoms with van der Waals surface area (Å²) < 4.78 is 13.5. The lowest BCUT2D eigenvalue weighted by Gasteiger charge is -2.31. The van der Waals surface area contributed by atoms with Gasteiger partial charge in [-0.05, 0) is 113 Å². The molecule has 2 aromatic heterocycles. The number of likely N-dealkylation sites (tertiary alicyclic amines) is 1. The number of hydrogen-bond donors (Lipinski definition) is 1. The maximum atomic E-state index is 13.5. The molecule has 1 aliphatic heterocycles. The maximum Gasteiger partial charge on any atom is 0.123 e. The number of aromatic amines is 1. The number of piperidine rings is 1. The Morgan fingerprint density at radius 2 is 1.73 bits per heavy atom. The number of halogens is 1. The molecule has 0 unspecified atom stereocenters. The van der Waals surface area contributed by atoms with Crippen molar-refractivity contribution in [3.63, 3.8) is 0 Å². The molecule has 0 bridgehead atoms. The number of nitrogens with one attached hydrogen (secondary N) is 1. The summed E-state index contributed by atoms with van der Waals surface area (Å²) in [6.07, 6.45) is 7.20. The van der Waals surface area contributed by atoms with E-state index in [-0.39, 0.29) is 5.82 Å². The van der Waals surface area contributed by atoms with Gasteiger partial charge in [0.1, 0.15) is 5.82 Å². The van der Waals surface area contributed by atoms with Crippen molar-refractivity contribution in [2.24, 2.45) is 0 Å². The molecule has 4 rings (SSSR count). The number of nitrogens with zero attached hydrogens (tertiary/aromatic N) is 3. The highest BCUT2D eigenvalue weighted by Crippen LogP contribution is 2.37. The van der Waals surface area contributed by atoms with E-state index in [1.54, 1.807) is 0 Å². The van der Waals surface area contributed by atoms with Crippen LogP contribution in [0.15, 0.2) is 54.9 Å². The second-order valence-corrected chi connectivity index (χ2v) is 8.53. The van der Waals surface area contributed by atoms with Crippen LogP contribution in [0, 0.1) is 5.82 Å². The molecule has 4 nitrogen and oxygen atoms in total. The third-order valence-corrected chi connectivity index (χ3v) is 6.07. The third kappa shape index (κ3) is 4.97. The average Bonchev–Trinajstić information content (AvgIpc) is 3.21. The summed E-state index contributed by atoms with van der Waals surface area (Å²) >= 11 is 0. The van der Waals surface area contributed by atoms with Crippen LogP contribution < -0.4 is 0 Å². The molecule has 0 aliphatic carbocycles. The Labute approximate surface area is 178 Å². The Bertz CT molecular complexity index is 926. The Balaban J connectivity index is 1.53. The zero-order valence-corrected chi connectivity index (χ0v) is 17.9. The van der Waals surface area contributed by atoms with E-state index in [0.717, 1.165) is 42.0 Å². The fraction of sp³-hybridized carbons (Fsp3) is 0.400. The van der Waals surface area contributed by atoms with Gasteiger partial charge in [0, 0.05) is 29.6 Å². The lowest BCUT2D eigenvalue weighted by atomic mass is 9.93. The van der Waals surface area contributed by atoms with Crippen molar-refractivity contribution in [1.29, 1.82) is 0 Å². The van der Waals surface area contributed by atoms with Gasteiger partial charge >= 0.3 is 0 Å². The standard InChI is InChI=1S/C25H31FN4/c1-29(2)14-3-15-30-16-10-20(11-17-30)24-18-23(19-8-12-27-13-9-19)25(28-24)21-4-6-22(26)7-5-21/h4-9,12-13,18,20,28H,3,10-11,14-17H2,1-2H3. The summed E-state index contributed by atoms with van der Waals surface area (Å²) in [6, 6.07) is 13.1. The molecule has 1 aromatic carbocycles. The average molecular weight is 407 g/mol. The molecular weight excluding hydrogens is 375 g/mol. The van der Waals surface area contributed by atoms with Crippen molar-refractivity contribution < 1.29 is 4.39 Å². The van der Waals surface area contributed by atoms with Crippen molar-refractivity contribution >= 4 is 0 Å². The molecule has 1 N–H and O–H groups in total. The molecule has 0 spiro atoms. The quantitative estimate of drug-likeness (QED) is 0.599. The topological polar surface area (TPSA) is 35.2 Å². The monoisotopic (exact) mass is 406 g/mol. The summed E-state index contributed by atoms with van der Waals surface area (Å²) in [6.45, 7) is 4.62. The van der Waals surface area contributed by atoms with Gasteiger partial charge in [0.25, 0.3) is 0 Å². The first kappa shape index (κ1) is 20.8. The van der Waals surface area contributed by atoms with Gasteiger partial charge in [0.2, 0.25) is 0 Å². The third-order valence-electron chi connectivity index (χ3n) is 6.07. The van der Waals surface area contributed by atoms with E-state index in [1.807, 2.05) is 36.7 Å². The van der Waals surface area contributed by atoms with Crippen LogP contribution in [0.2, 0.25) is 0 Å². The van der Waals surface area contributed by atoms with E-state index >= 15 is 0 Å². The van der Waals surface area contributed by atoms with E-state index in [0.29, 0.717) is 5.92 Å². The minimum absolute atomic E-state index is 0.211. The number of rotatable bonds is 7. The van der Waals surface area contributed by atoms with Gasteiger partial charge in [-0.3, -0.25) is 4.98 Å². The van der Waals surface area contributed by atoms with Crippen LogP contribution in [-0.4, -0.2) is 60.0 Å². The van der Waals surface area contributed by atoms with Crippen LogP contribution in [-0.2, 0) is 0 Å². The van der Waals surface area contributed by atoms with Crippen LogP contribution in [0.5, 0.6) is 0 Å². The first-order valence-electron chi connectivity index (χ1n) is 10.9. The number of pyridine rings is 1. The summed E-state index contributed by atoms with van der Waals surface area (Å²) in [5.74, 6) is 0.322. The minimum Gasteiger partial charge on any atom is -0.358 e. The van der Waals surface area contributed by atoms with Crippen molar-refractivity contribution in [3.8, 4) is 22.4 Å². The Hall–Kier alpha value is -2.50. The van der Waals surface area contributed by atoms with Gasteiger partial charge in [0.05, 0.1) is 5.69 Å². The van der Waals surface area contributed by atoms with Crippen molar-refractivity contribution in [1.82, 2.24) is 19.8 Å². The molecule has 1 saturated heterocycles. The molecule has 158 valence electrons. The number of aromatic nitrogens is 2. The van der Waals surface area contributed by atoms with Crippen LogP contribution in [0.25, 0.3) is 22.4 Å². The molecule has 5 heteroatoms. The molecule has 0 radical (unpaired) electrons. The first-order valence-corrected chi connectivity index (χ1v) is 10.9. The van der Waals surface area contributed by atoms with Crippen LogP contribution in [0.3, 0.4) is 0 Å². The summed E-state index contributed by atoms with van der Waals surface area (Å²) in [4.78, 5) is 12.7. The predicted octanol–water partition coefficient (Wildman–Crippen LogP) is 5.01. The van der Waals surface area contributed by atoms with Gasteiger partial charge in [0.15, 0.2) is 0 Å². The second kappa shape index (κ2) is 9.54. The predicted molar refractivity (Wildman–Crippen MR) is 121 cm³/mol. The Kier molecular flexibility index (Phi) is 6.60. The van der Waals surface area contributed by atoms with Crippen molar-refractivity contribution in [2.45, 2.75) is 25.2 Å². The molecule has 0 atom stereocenters. The highest BCUT2D eigenvalue weighted by Gasteiger charge is 2.23. The van der Waals surface area contributed by atoms with Crippen LogP contribution in [0.4, 0.5) is 4.39 Å². The molecule has 3 aromatic rings. The second-order valence-electron chi connectivity index (χ2n) is 8.53. The van der Waals surface area contributed by atoms with Gasteiger partial charge in [-0.2, -0.15) is 0 Å². The zero-order chi connectivity index (χ0) is 20.9. The van der Waals surface area contributed by atoms with Gasteiger partial charge in [-0.1, -0.05) is 0 Å². The number of H-pyrrole nitrogens is 1. The van der Waals surface area contributed by atoms with Crippen molar-refractivity contribution in [2.75, 3.05) is 40.3 Å². The fourth-order valence-corrected chi connectivity index (χ4v) is 4.38. The fourth-order valence-electron chi connectivity index (χ4n) is 4.38. The zero-order valence-electron chi connectivity index (χ0n) is 17.9. The lowest BCUT2D eigenvalue weighted by Crippen LogP contribution is -2.34. The normalized spacial score (nSPS) is 15.7. The van der Waals surface area contributed by atoms with Gasteiger partial charge in [-0.15, -0.1) is 0 Å². The molecular formula is C25H31FN4. The smallest absolute Gasteiger partial charge is 0.123 e. The molecule has 0 amide bonds. The Morgan fingerprint density at radius 3 is 2.40 bits per heavy atom. The summed E-state index contributed by atoms with van der Waals surface area (Å²) in [7, 11) is 4.27. The largest absolute Gasteiger partial charge is 0.358 e. The van der Waals surface area contributed by atoms with Crippen LogP contribution in [0.1, 0.15) is 30.9 Å². The summed E-state index contributed by atoms with van der Waals surface area (Å²) in [5.41, 5.74) is 5.65. The highest BCUT2D eigenvalue weighted by molar-refractivity contribution is 5.82. The molecule has 30 heavy (non-hydrogen) atoms. The molecule has 1 aliphatic rings. The van der Waals surface area contributed by atoms with Crippen molar-refractivity contribution in [3.05, 3.63) is 66.4 Å². The molecule has 0 saturated carbocycles. The molecule has 3 heterocycles. The summed E-state index contributed by atoms with van der Waals surface area (Å²) in [5, 5.41) is 0. The number of hydrogen-bond acceptors (Lipinski definition) is 3. The van der Waals surface area contributed by atoms with E-state index in [4.69, 9.17) is 0 Å².